The summed E-state index contributed by atoms with van der Waals surface area (Å²) in [6.07, 6.45) is 6.67. The van der Waals surface area contributed by atoms with E-state index in [1.54, 1.807) is 11.3 Å². The molecule has 1 saturated carbocycles. The summed E-state index contributed by atoms with van der Waals surface area (Å²) in [5.41, 5.74) is 2.58. The predicted octanol–water partition coefficient (Wildman–Crippen LogP) is 3.88. The van der Waals surface area contributed by atoms with E-state index in [0.29, 0.717) is 12.6 Å². The quantitative estimate of drug-likeness (QED) is 0.302. The Labute approximate surface area is 200 Å². The highest BCUT2D eigenvalue weighted by atomic mass is 127. The lowest BCUT2D eigenvalue weighted by Gasteiger charge is -2.33. The molecular formula is C22H32IN5OS. The van der Waals surface area contributed by atoms with E-state index in [1.807, 2.05) is 25.4 Å². The number of likely N-dealkylation sites (tertiary alicyclic amines) is 1. The van der Waals surface area contributed by atoms with E-state index in [9.17, 15) is 0 Å². The third kappa shape index (κ3) is 7.39. The Kier molecular flexibility index (Phi) is 9.20. The van der Waals surface area contributed by atoms with Crippen LogP contribution in [0.1, 0.15) is 36.8 Å². The normalized spacial score (nSPS) is 18.0. The van der Waals surface area contributed by atoms with Gasteiger partial charge >= 0.3 is 0 Å². The van der Waals surface area contributed by atoms with Crippen LogP contribution in [0.15, 0.2) is 40.1 Å². The lowest BCUT2D eigenvalue weighted by Crippen LogP contribution is -2.48. The van der Waals surface area contributed by atoms with Crippen LogP contribution in [-0.4, -0.2) is 48.6 Å². The largest absolute Gasteiger partial charge is 0.477 e. The van der Waals surface area contributed by atoms with E-state index in [4.69, 9.17) is 4.74 Å². The topological polar surface area (TPSA) is 61.8 Å². The van der Waals surface area contributed by atoms with Crippen LogP contribution in [0.4, 0.5) is 0 Å². The van der Waals surface area contributed by atoms with Gasteiger partial charge in [0, 0.05) is 51.5 Å². The number of pyridine rings is 1. The van der Waals surface area contributed by atoms with Crippen molar-refractivity contribution in [2.45, 2.75) is 44.8 Å². The van der Waals surface area contributed by atoms with Gasteiger partial charge in [-0.15, -0.1) is 24.0 Å². The molecular weight excluding hydrogens is 509 g/mol. The fourth-order valence-corrected chi connectivity index (χ4v) is 4.24. The number of hydrogen-bond donors (Lipinski definition) is 2. The molecule has 6 nitrogen and oxygen atoms in total. The minimum absolute atomic E-state index is 0. The summed E-state index contributed by atoms with van der Waals surface area (Å²) in [7, 11) is 1.83. The highest BCUT2D eigenvalue weighted by molar-refractivity contribution is 14.0. The number of hydrogen-bond acceptors (Lipinski definition) is 5. The van der Waals surface area contributed by atoms with Gasteiger partial charge < -0.3 is 15.4 Å². The first-order valence-electron chi connectivity index (χ1n) is 10.6. The van der Waals surface area contributed by atoms with Crippen LogP contribution in [0, 0.1) is 5.92 Å². The molecule has 30 heavy (non-hydrogen) atoms. The molecule has 2 aromatic heterocycles. The van der Waals surface area contributed by atoms with Crippen molar-refractivity contribution in [2.75, 3.05) is 26.7 Å². The van der Waals surface area contributed by atoms with Crippen LogP contribution in [0.2, 0.25) is 0 Å². The monoisotopic (exact) mass is 541 g/mol. The summed E-state index contributed by atoms with van der Waals surface area (Å²) in [5.74, 6) is 2.31. The van der Waals surface area contributed by atoms with Crippen molar-refractivity contribution in [1.29, 1.82) is 0 Å². The van der Waals surface area contributed by atoms with E-state index in [0.717, 1.165) is 62.4 Å². The molecule has 0 atom stereocenters. The molecule has 2 fully saturated rings. The van der Waals surface area contributed by atoms with Gasteiger partial charge in [0.25, 0.3) is 0 Å². The van der Waals surface area contributed by atoms with Gasteiger partial charge in [0.15, 0.2) is 5.96 Å². The maximum absolute atomic E-state index is 5.78. The van der Waals surface area contributed by atoms with E-state index in [2.05, 4.69) is 42.3 Å². The molecule has 1 saturated heterocycles. The molecule has 0 aromatic carbocycles. The van der Waals surface area contributed by atoms with Gasteiger partial charge in [0.05, 0.1) is 6.61 Å². The molecule has 3 heterocycles. The van der Waals surface area contributed by atoms with E-state index >= 15 is 0 Å². The van der Waals surface area contributed by atoms with Gasteiger partial charge in [0.1, 0.15) is 0 Å². The number of aromatic nitrogens is 1. The van der Waals surface area contributed by atoms with Crippen molar-refractivity contribution in [2.24, 2.45) is 10.9 Å². The fourth-order valence-electron chi connectivity index (χ4n) is 3.58. The minimum atomic E-state index is 0. The van der Waals surface area contributed by atoms with Crippen LogP contribution in [-0.2, 0) is 13.1 Å². The number of nitrogens with zero attached hydrogens (tertiary/aromatic N) is 3. The molecule has 0 unspecified atom stereocenters. The molecule has 8 heteroatoms. The Balaban J connectivity index is 0.00000256. The van der Waals surface area contributed by atoms with Crippen molar-refractivity contribution in [1.82, 2.24) is 20.5 Å². The van der Waals surface area contributed by atoms with E-state index < -0.39 is 0 Å². The number of thiophene rings is 1. The van der Waals surface area contributed by atoms with Gasteiger partial charge in [-0.2, -0.15) is 11.3 Å². The second kappa shape index (κ2) is 11.9. The number of guanidine groups is 1. The SMILES string of the molecule is CN=C(NCc1ccnc(OCC2CC2)c1)NC1CCN(Cc2ccsc2)CC1.I. The standard InChI is InChI=1S/C22H31N5OS.HI/c1-23-22(25-13-18-4-8-24-21(12-18)28-15-17-2-3-17)26-20-5-9-27(10-6-20)14-19-7-11-29-16-19;/h4,7-8,11-12,16-17,20H,2-3,5-6,9-10,13-15H2,1H3,(H2,23,25,26);1H. The maximum Gasteiger partial charge on any atom is 0.213 e. The molecule has 1 aliphatic heterocycles. The Morgan fingerprint density at radius 3 is 2.77 bits per heavy atom. The summed E-state index contributed by atoms with van der Waals surface area (Å²) >= 11 is 1.78. The Morgan fingerprint density at radius 2 is 2.07 bits per heavy atom. The van der Waals surface area contributed by atoms with Gasteiger partial charge in [-0.05, 0) is 65.6 Å². The average molecular weight is 542 g/mol. The summed E-state index contributed by atoms with van der Waals surface area (Å²) in [6, 6.07) is 6.73. The van der Waals surface area contributed by atoms with Gasteiger partial charge in [0.2, 0.25) is 5.88 Å². The Bertz CT molecular complexity index is 789. The van der Waals surface area contributed by atoms with Crippen LogP contribution < -0.4 is 15.4 Å². The zero-order chi connectivity index (χ0) is 19.9. The lowest BCUT2D eigenvalue weighted by molar-refractivity contribution is 0.198. The number of ether oxygens (including phenoxy) is 1. The van der Waals surface area contributed by atoms with Crippen molar-refractivity contribution < 1.29 is 4.74 Å². The summed E-state index contributed by atoms with van der Waals surface area (Å²) < 4.78 is 5.78. The lowest BCUT2D eigenvalue weighted by atomic mass is 10.0. The zero-order valence-corrected chi connectivity index (χ0v) is 20.7. The Hall–Kier alpha value is -1.39. The number of rotatable bonds is 8. The summed E-state index contributed by atoms with van der Waals surface area (Å²) in [4.78, 5) is 11.3. The van der Waals surface area contributed by atoms with Crippen molar-refractivity contribution in [3.05, 3.63) is 46.3 Å². The highest BCUT2D eigenvalue weighted by Gasteiger charge is 2.22. The predicted molar refractivity (Wildman–Crippen MR) is 134 cm³/mol. The summed E-state index contributed by atoms with van der Waals surface area (Å²) in [5, 5.41) is 11.4. The minimum Gasteiger partial charge on any atom is -0.477 e. The molecule has 1 aliphatic carbocycles. The van der Waals surface area contributed by atoms with Crippen LogP contribution >= 0.6 is 35.3 Å². The van der Waals surface area contributed by atoms with Gasteiger partial charge in [-0.25, -0.2) is 4.98 Å². The van der Waals surface area contributed by atoms with Crippen molar-refractivity contribution in [3.8, 4) is 5.88 Å². The number of aliphatic imine (C=N–C) groups is 1. The molecule has 0 bridgehead atoms. The highest BCUT2D eigenvalue weighted by Crippen LogP contribution is 2.29. The number of halogens is 1. The van der Waals surface area contributed by atoms with Crippen LogP contribution in [0.3, 0.4) is 0 Å². The first-order chi connectivity index (χ1) is 14.3. The molecule has 2 aliphatic rings. The number of piperidine rings is 1. The van der Waals surface area contributed by atoms with Crippen LogP contribution in [0.25, 0.3) is 0 Å². The maximum atomic E-state index is 5.78. The third-order valence-electron chi connectivity index (χ3n) is 5.56. The summed E-state index contributed by atoms with van der Waals surface area (Å²) in [6.45, 7) is 4.81. The van der Waals surface area contributed by atoms with Crippen molar-refractivity contribution in [3.63, 3.8) is 0 Å². The van der Waals surface area contributed by atoms with Gasteiger partial charge in [-0.1, -0.05) is 0 Å². The first-order valence-corrected chi connectivity index (χ1v) is 11.5. The smallest absolute Gasteiger partial charge is 0.213 e. The van der Waals surface area contributed by atoms with E-state index in [1.165, 1.54) is 18.4 Å². The molecule has 2 N–H and O–H groups in total. The first kappa shape index (κ1) is 23.3. The molecule has 0 spiro atoms. The second-order valence-electron chi connectivity index (χ2n) is 8.01. The van der Waals surface area contributed by atoms with E-state index in [-0.39, 0.29) is 24.0 Å². The molecule has 4 rings (SSSR count). The number of nitrogens with one attached hydrogen (secondary N) is 2. The molecule has 0 amide bonds. The molecule has 0 radical (unpaired) electrons. The van der Waals surface area contributed by atoms with Crippen LogP contribution in [0.5, 0.6) is 5.88 Å². The molecule has 164 valence electrons. The fraction of sp³-hybridized carbons (Fsp3) is 0.545. The third-order valence-corrected chi connectivity index (χ3v) is 6.29. The van der Waals surface area contributed by atoms with Crippen molar-refractivity contribution >= 4 is 41.3 Å². The van der Waals surface area contributed by atoms with Gasteiger partial charge in [-0.3, -0.25) is 9.89 Å². The average Bonchev–Trinajstić information content (AvgIpc) is 3.45. The molecule has 2 aromatic rings. The Morgan fingerprint density at radius 1 is 1.23 bits per heavy atom. The second-order valence-corrected chi connectivity index (χ2v) is 8.79. The zero-order valence-electron chi connectivity index (χ0n) is 17.5.